The summed E-state index contributed by atoms with van der Waals surface area (Å²) < 4.78 is 15.6. The van der Waals surface area contributed by atoms with Gasteiger partial charge in [-0.05, 0) is 91.8 Å². The second-order valence-corrected chi connectivity index (χ2v) is 15.6. The maximum Gasteiger partial charge on any atom is 0.410 e. The van der Waals surface area contributed by atoms with Crippen LogP contribution in [0, 0.1) is 0 Å². The van der Waals surface area contributed by atoms with Crippen molar-refractivity contribution in [3.8, 4) is 0 Å². The van der Waals surface area contributed by atoms with E-state index in [4.69, 9.17) is 9.47 Å². The molecule has 2 aliphatic rings. The average Bonchev–Trinajstić information content (AvgIpc) is 3.57. The molecule has 6 rings (SSSR count). The van der Waals surface area contributed by atoms with E-state index in [1.807, 2.05) is 89.5 Å². The fraction of sp³-hybridized carbons (Fsp3) is 0.556. The van der Waals surface area contributed by atoms with Crippen LogP contribution in [0.1, 0.15) is 55.4 Å². The van der Waals surface area contributed by atoms with Crippen LogP contribution in [0.5, 0.6) is 0 Å². The van der Waals surface area contributed by atoms with Crippen molar-refractivity contribution in [2.45, 2.75) is 78.7 Å². The van der Waals surface area contributed by atoms with E-state index in [2.05, 4.69) is 74.5 Å². The SMILES string of the molecule is C[C@H]1CN(C(=O)OC(C)(C)C)CCN1.C[C@H]1CN(C(=O)OC(C)(C)C)CCN1c1ccc2c(cnn2C)c1.Cn1ncc2cc(Br)ccc21. The van der Waals surface area contributed by atoms with Gasteiger partial charge in [-0.15, -0.1) is 0 Å². The second-order valence-electron chi connectivity index (χ2n) is 14.7. The minimum atomic E-state index is -0.456. The number of rotatable bonds is 1. The van der Waals surface area contributed by atoms with Crippen molar-refractivity contribution in [1.82, 2.24) is 34.7 Å². The van der Waals surface area contributed by atoms with Crippen molar-refractivity contribution >= 4 is 55.6 Å². The van der Waals surface area contributed by atoms with E-state index in [1.165, 1.54) is 11.1 Å². The van der Waals surface area contributed by atoms with Crippen molar-refractivity contribution in [3.05, 3.63) is 53.3 Å². The number of ether oxygens (including phenoxy) is 2. The second kappa shape index (κ2) is 15.8. The minimum Gasteiger partial charge on any atom is -0.444 e. The van der Waals surface area contributed by atoms with Gasteiger partial charge < -0.3 is 29.5 Å². The predicted octanol–water partition coefficient (Wildman–Crippen LogP) is 6.57. The average molecular weight is 742 g/mol. The maximum absolute atomic E-state index is 12.3. The third kappa shape index (κ3) is 10.8. The molecule has 4 aromatic rings. The number of nitrogens with one attached hydrogen (secondary N) is 1. The van der Waals surface area contributed by atoms with E-state index < -0.39 is 11.2 Å². The van der Waals surface area contributed by atoms with Crippen LogP contribution in [0.4, 0.5) is 15.3 Å². The first-order valence-corrected chi connectivity index (χ1v) is 17.6. The summed E-state index contributed by atoms with van der Waals surface area (Å²) >= 11 is 3.40. The number of fused-ring (bicyclic) bond motifs is 2. The van der Waals surface area contributed by atoms with Gasteiger partial charge in [0, 0.05) is 86.4 Å². The lowest BCUT2D eigenvalue weighted by Crippen LogP contribution is -2.54. The molecule has 2 aromatic carbocycles. The van der Waals surface area contributed by atoms with E-state index in [-0.39, 0.29) is 18.2 Å². The lowest BCUT2D eigenvalue weighted by atomic mass is 10.1. The van der Waals surface area contributed by atoms with Gasteiger partial charge in [0.1, 0.15) is 11.2 Å². The molecule has 4 heterocycles. The van der Waals surface area contributed by atoms with Gasteiger partial charge in [0.05, 0.1) is 23.4 Å². The summed E-state index contributed by atoms with van der Waals surface area (Å²) in [5, 5.41) is 14.0. The van der Waals surface area contributed by atoms with Gasteiger partial charge >= 0.3 is 12.2 Å². The Morgan fingerprint density at radius 2 is 1.31 bits per heavy atom. The summed E-state index contributed by atoms with van der Waals surface area (Å²) in [4.78, 5) is 29.8. The molecule has 2 saturated heterocycles. The number of piperazine rings is 2. The van der Waals surface area contributed by atoms with Crippen LogP contribution in [0.15, 0.2) is 53.3 Å². The van der Waals surface area contributed by atoms with Gasteiger partial charge in [-0.25, -0.2) is 9.59 Å². The Hall–Kier alpha value is -3.84. The first-order chi connectivity index (χ1) is 22.9. The number of amides is 2. The quantitative estimate of drug-likeness (QED) is 0.234. The third-order valence-electron chi connectivity index (χ3n) is 8.07. The van der Waals surface area contributed by atoms with E-state index >= 15 is 0 Å². The molecule has 2 atom stereocenters. The molecule has 1 N–H and O–H groups in total. The van der Waals surface area contributed by atoms with Crippen molar-refractivity contribution in [3.63, 3.8) is 0 Å². The lowest BCUT2D eigenvalue weighted by molar-refractivity contribution is 0.0197. The van der Waals surface area contributed by atoms with Crippen LogP contribution in [-0.2, 0) is 23.6 Å². The molecule has 2 fully saturated rings. The molecule has 0 radical (unpaired) electrons. The Kier molecular flexibility index (Phi) is 12.2. The number of aromatic nitrogens is 4. The molecule has 0 unspecified atom stereocenters. The fourth-order valence-corrected chi connectivity index (χ4v) is 6.10. The third-order valence-corrected chi connectivity index (χ3v) is 8.56. The molecular formula is C36H53BrN8O4. The molecule has 2 aromatic heterocycles. The number of nitrogens with zero attached hydrogens (tertiary/aromatic N) is 7. The summed E-state index contributed by atoms with van der Waals surface area (Å²) in [6.07, 6.45) is 3.32. The van der Waals surface area contributed by atoms with Gasteiger partial charge in [-0.1, -0.05) is 15.9 Å². The van der Waals surface area contributed by atoms with E-state index in [0.29, 0.717) is 19.1 Å². The van der Waals surface area contributed by atoms with E-state index in [0.717, 1.165) is 47.1 Å². The molecule has 0 aliphatic carbocycles. The monoisotopic (exact) mass is 740 g/mol. The van der Waals surface area contributed by atoms with Crippen molar-refractivity contribution in [1.29, 1.82) is 0 Å². The Balaban J connectivity index is 0.000000183. The Morgan fingerprint density at radius 1 is 0.776 bits per heavy atom. The van der Waals surface area contributed by atoms with Gasteiger partial charge in [-0.3, -0.25) is 9.36 Å². The van der Waals surface area contributed by atoms with Crippen LogP contribution in [0.25, 0.3) is 21.8 Å². The summed E-state index contributed by atoms with van der Waals surface area (Å²) in [5.41, 5.74) is 2.60. The largest absolute Gasteiger partial charge is 0.444 e. The molecular weight excluding hydrogens is 688 g/mol. The van der Waals surface area contributed by atoms with E-state index in [1.54, 1.807) is 9.80 Å². The zero-order valence-corrected chi connectivity index (χ0v) is 32.2. The number of carbonyl (C=O) groups is 2. The van der Waals surface area contributed by atoms with Gasteiger partial charge in [0.2, 0.25) is 0 Å². The van der Waals surface area contributed by atoms with Crippen molar-refractivity contribution < 1.29 is 19.1 Å². The molecule has 13 heteroatoms. The molecule has 0 saturated carbocycles. The van der Waals surface area contributed by atoms with Crippen LogP contribution >= 0.6 is 15.9 Å². The molecule has 268 valence electrons. The molecule has 0 bridgehead atoms. The Bertz CT molecular complexity index is 1720. The summed E-state index contributed by atoms with van der Waals surface area (Å²) in [7, 11) is 3.89. The number of halogens is 1. The topological polar surface area (TPSA) is 110 Å². The first-order valence-electron chi connectivity index (χ1n) is 16.8. The molecule has 2 amide bonds. The van der Waals surface area contributed by atoms with E-state index in [9.17, 15) is 9.59 Å². The highest BCUT2D eigenvalue weighted by Gasteiger charge is 2.30. The number of benzene rings is 2. The van der Waals surface area contributed by atoms with Gasteiger partial charge in [-0.2, -0.15) is 10.2 Å². The minimum absolute atomic E-state index is 0.203. The van der Waals surface area contributed by atoms with Crippen LogP contribution in [0.3, 0.4) is 0 Å². The summed E-state index contributed by atoms with van der Waals surface area (Å²) in [5.74, 6) is 0. The Morgan fingerprint density at radius 3 is 1.84 bits per heavy atom. The summed E-state index contributed by atoms with van der Waals surface area (Å²) in [6.45, 7) is 20.0. The molecule has 49 heavy (non-hydrogen) atoms. The number of aryl methyl sites for hydroxylation is 2. The van der Waals surface area contributed by atoms with Crippen molar-refractivity contribution in [2.24, 2.45) is 14.1 Å². The van der Waals surface area contributed by atoms with Gasteiger partial charge in [0.15, 0.2) is 0 Å². The smallest absolute Gasteiger partial charge is 0.410 e. The molecule has 2 aliphatic heterocycles. The number of anilines is 1. The van der Waals surface area contributed by atoms with Crippen molar-refractivity contribution in [2.75, 3.05) is 44.2 Å². The zero-order chi connectivity index (χ0) is 36.1. The Labute approximate surface area is 298 Å². The van der Waals surface area contributed by atoms with Gasteiger partial charge in [0.25, 0.3) is 0 Å². The van der Waals surface area contributed by atoms with Crippen LogP contribution < -0.4 is 10.2 Å². The first kappa shape index (κ1) is 38.0. The van der Waals surface area contributed by atoms with Crippen LogP contribution in [-0.4, -0.2) is 104 Å². The number of hydrogen-bond acceptors (Lipinski definition) is 8. The standard InChI is InChI=1S/C18H26N4O2.C10H20N2O2.C8H7BrN2/c1-13-12-21(17(23)24-18(2,3)4)8-9-22(13)15-6-7-16-14(10-15)11-19-20(16)5;1-8-7-12(6-5-11-8)9(13)14-10(2,3)4;1-11-8-3-2-7(9)4-6(8)5-10-11/h6-7,10-11,13H,8-9,12H2,1-5H3;8,11H,5-7H2,1-4H3;2-5H,1H3/t13-;8-;/m00./s1. The molecule has 0 spiro atoms. The van der Waals surface area contributed by atoms with Crippen LogP contribution in [0.2, 0.25) is 0 Å². The maximum atomic E-state index is 12.3. The predicted molar refractivity (Wildman–Crippen MR) is 199 cm³/mol. The highest BCUT2D eigenvalue weighted by atomic mass is 79.9. The molecule has 12 nitrogen and oxygen atoms in total. The number of hydrogen-bond donors (Lipinski definition) is 1. The number of carbonyl (C=O) groups excluding carboxylic acids is 2. The fourth-order valence-electron chi connectivity index (χ4n) is 5.72. The normalized spacial score (nSPS) is 18.4. The lowest BCUT2D eigenvalue weighted by Gasteiger charge is -2.41. The highest BCUT2D eigenvalue weighted by molar-refractivity contribution is 9.10. The zero-order valence-electron chi connectivity index (χ0n) is 30.7. The highest BCUT2D eigenvalue weighted by Crippen LogP contribution is 2.26. The summed E-state index contributed by atoms with van der Waals surface area (Å²) in [6, 6.07) is 13.1.